The molecule has 0 spiro atoms. The lowest BCUT2D eigenvalue weighted by molar-refractivity contribution is 0.129. The molecule has 4 heteroatoms. The molecule has 2 rings (SSSR count). The molecule has 0 aromatic heterocycles. The molecule has 1 fully saturated rings. The topological polar surface area (TPSA) is 43.4 Å². The van der Waals surface area contributed by atoms with Crippen molar-refractivity contribution in [1.82, 2.24) is 0 Å². The van der Waals surface area contributed by atoms with Crippen LogP contribution in [0.3, 0.4) is 0 Å². The van der Waals surface area contributed by atoms with E-state index in [1.807, 2.05) is 6.07 Å². The summed E-state index contributed by atoms with van der Waals surface area (Å²) in [5.74, 6) is 0. The molecule has 0 unspecified atom stereocenters. The van der Waals surface area contributed by atoms with Gasteiger partial charge in [-0.2, -0.15) is 8.42 Å². The van der Waals surface area contributed by atoms with Gasteiger partial charge in [0.1, 0.15) is 0 Å². The molecule has 0 saturated heterocycles. The molecule has 1 aromatic rings. The van der Waals surface area contributed by atoms with E-state index in [1.54, 1.807) is 0 Å². The van der Waals surface area contributed by atoms with Crippen LogP contribution in [0.5, 0.6) is 0 Å². The largest absolute Gasteiger partial charge is 0.267 e. The van der Waals surface area contributed by atoms with Crippen molar-refractivity contribution in [3.8, 4) is 0 Å². The molecule has 0 bridgehead atoms. The van der Waals surface area contributed by atoms with Gasteiger partial charge < -0.3 is 0 Å². The van der Waals surface area contributed by atoms with E-state index < -0.39 is 10.1 Å². The minimum Gasteiger partial charge on any atom is -0.267 e. The molecule has 0 aliphatic heterocycles. The summed E-state index contributed by atoms with van der Waals surface area (Å²) in [6.07, 6.45) is 4.53. The van der Waals surface area contributed by atoms with Crippen LogP contribution >= 0.6 is 0 Å². The number of benzene rings is 1. The van der Waals surface area contributed by atoms with Gasteiger partial charge >= 0.3 is 0 Å². The summed E-state index contributed by atoms with van der Waals surface area (Å²) < 4.78 is 27.3. The Kier molecular flexibility index (Phi) is 3.78. The van der Waals surface area contributed by atoms with Gasteiger partial charge in [-0.15, -0.1) is 0 Å². The van der Waals surface area contributed by atoms with Crippen LogP contribution in [0.1, 0.15) is 38.2 Å². The van der Waals surface area contributed by atoms with Crippen molar-refractivity contribution >= 4 is 10.1 Å². The van der Waals surface area contributed by atoms with Gasteiger partial charge in [0.05, 0.1) is 12.4 Å². The van der Waals surface area contributed by atoms with Gasteiger partial charge in [0, 0.05) is 0 Å². The van der Waals surface area contributed by atoms with Crippen molar-refractivity contribution in [3.63, 3.8) is 0 Å². The van der Waals surface area contributed by atoms with Gasteiger partial charge in [0.15, 0.2) is 0 Å². The summed E-state index contributed by atoms with van der Waals surface area (Å²) in [4.78, 5) is 0. The number of rotatable bonds is 3. The molecule has 1 aliphatic rings. The number of hydrogen-bond acceptors (Lipinski definition) is 3. The lowest BCUT2D eigenvalue weighted by atomic mass is 9.70. The molecule has 18 heavy (non-hydrogen) atoms. The first-order valence-electron chi connectivity index (χ1n) is 6.33. The predicted octanol–water partition coefficient (Wildman–Crippen LogP) is 2.86. The minimum absolute atomic E-state index is 0.142. The molecule has 0 N–H and O–H groups in total. The van der Waals surface area contributed by atoms with Crippen LogP contribution in [-0.4, -0.2) is 20.8 Å². The van der Waals surface area contributed by atoms with Gasteiger partial charge in [-0.1, -0.05) is 37.3 Å². The summed E-state index contributed by atoms with van der Waals surface area (Å²) >= 11 is 0. The van der Waals surface area contributed by atoms with Crippen LogP contribution in [0.2, 0.25) is 0 Å². The number of hydrogen-bond donors (Lipinski definition) is 0. The molecule has 3 nitrogen and oxygen atoms in total. The smallest absolute Gasteiger partial charge is 0.264 e. The fourth-order valence-electron chi connectivity index (χ4n) is 2.70. The Hall–Kier alpha value is -0.870. The van der Waals surface area contributed by atoms with Crippen LogP contribution < -0.4 is 0 Å². The highest BCUT2D eigenvalue weighted by molar-refractivity contribution is 7.86. The Balaban J connectivity index is 2.02. The Labute approximate surface area is 109 Å². The van der Waals surface area contributed by atoms with Crippen LogP contribution in [0.4, 0.5) is 0 Å². The fourth-order valence-corrected chi connectivity index (χ4v) is 3.39. The molecule has 1 saturated carbocycles. The van der Waals surface area contributed by atoms with Crippen molar-refractivity contribution in [3.05, 3.63) is 35.9 Å². The zero-order valence-electron chi connectivity index (χ0n) is 10.9. The first-order valence-corrected chi connectivity index (χ1v) is 8.14. The second-order valence-electron chi connectivity index (χ2n) is 5.43. The third-order valence-corrected chi connectivity index (χ3v) is 4.44. The summed E-state index contributed by atoms with van der Waals surface area (Å²) in [5.41, 5.74) is 1.49. The zero-order valence-corrected chi connectivity index (χ0v) is 11.7. The van der Waals surface area contributed by atoms with Crippen molar-refractivity contribution in [2.75, 3.05) is 6.26 Å². The van der Waals surface area contributed by atoms with Gasteiger partial charge in [-0.05, 0) is 36.7 Å². The normalized spacial score (nSPS) is 29.1. The average molecular weight is 268 g/mol. The average Bonchev–Trinajstić information content (AvgIpc) is 2.32. The zero-order chi connectivity index (χ0) is 13.2. The Morgan fingerprint density at radius 2 is 1.72 bits per heavy atom. The monoisotopic (exact) mass is 268 g/mol. The van der Waals surface area contributed by atoms with Crippen LogP contribution in [0.25, 0.3) is 0 Å². The molecule has 0 amide bonds. The van der Waals surface area contributed by atoms with Crippen molar-refractivity contribution in [2.45, 2.75) is 44.1 Å². The molecule has 1 aromatic carbocycles. The van der Waals surface area contributed by atoms with E-state index >= 15 is 0 Å². The van der Waals surface area contributed by atoms with Crippen LogP contribution in [-0.2, 0) is 19.7 Å². The fraction of sp³-hybridized carbons (Fsp3) is 0.571. The van der Waals surface area contributed by atoms with Crippen molar-refractivity contribution in [2.24, 2.45) is 0 Å². The SMILES string of the molecule is CS(=O)(=O)O[C@H]1CC[C@](C)(c2ccccc2)CC1. The van der Waals surface area contributed by atoms with Gasteiger partial charge in [0.2, 0.25) is 0 Å². The maximum atomic E-state index is 11.1. The molecule has 1 aliphatic carbocycles. The highest BCUT2D eigenvalue weighted by Crippen LogP contribution is 2.39. The van der Waals surface area contributed by atoms with Crippen LogP contribution in [0, 0.1) is 0 Å². The summed E-state index contributed by atoms with van der Waals surface area (Å²) in [6, 6.07) is 10.4. The third-order valence-electron chi connectivity index (χ3n) is 3.82. The van der Waals surface area contributed by atoms with Crippen molar-refractivity contribution < 1.29 is 12.6 Å². The van der Waals surface area contributed by atoms with Gasteiger partial charge in [0.25, 0.3) is 10.1 Å². The standard InChI is InChI=1S/C14H20O3S/c1-14(12-6-4-3-5-7-12)10-8-13(9-11-14)17-18(2,15)16/h3-7,13H,8-11H2,1-2H3/t13-,14-. The highest BCUT2D eigenvalue weighted by Gasteiger charge is 2.33. The van der Waals surface area contributed by atoms with E-state index in [2.05, 4.69) is 31.2 Å². The Morgan fingerprint density at radius 3 is 2.22 bits per heavy atom. The molecule has 0 atom stereocenters. The van der Waals surface area contributed by atoms with Gasteiger partial charge in [-0.25, -0.2) is 0 Å². The molecule has 0 radical (unpaired) electrons. The maximum absolute atomic E-state index is 11.1. The van der Waals surface area contributed by atoms with E-state index in [1.165, 1.54) is 5.56 Å². The summed E-state index contributed by atoms with van der Waals surface area (Å²) in [7, 11) is -3.33. The van der Waals surface area contributed by atoms with E-state index in [0.29, 0.717) is 0 Å². The Bertz CT molecular complexity index is 485. The highest BCUT2D eigenvalue weighted by atomic mass is 32.2. The third kappa shape index (κ3) is 3.33. The Morgan fingerprint density at radius 1 is 1.17 bits per heavy atom. The van der Waals surface area contributed by atoms with Gasteiger partial charge in [-0.3, -0.25) is 4.18 Å². The first-order chi connectivity index (χ1) is 8.39. The molecular weight excluding hydrogens is 248 g/mol. The summed E-state index contributed by atoms with van der Waals surface area (Å²) in [6.45, 7) is 2.25. The molecular formula is C14H20O3S. The molecule has 100 valence electrons. The predicted molar refractivity (Wildman–Crippen MR) is 72.0 cm³/mol. The quantitative estimate of drug-likeness (QED) is 0.792. The molecule has 0 heterocycles. The van der Waals surface area contributed by atoms with E-state index in [9.17, 15) is 8.42 Å². The second-order valence-corrected chi connectivity index (χ2v) is 7.03. The van der Waals surface area contributed by atoms with Crippen LogP contribution in [0.15, 0.2) is 30.3 Å². The second kappa shape index (κ2) is 5.02. The maximum Gasteiger partial charge on any atom is 0.264 e. The van der Waals surface area contributed by atoms with E-state index in [4.69, 9.17) is 4.18 Å². The minimum atomic E-state index is -3.33. The lowest BCUT2D eigenvalue weighted by Crippen LogP contribution is -2.32. The van der Waals surface area contributed by atoms with E-state index in [0.717, 1.165) is 31.9 Å². The van der Waals surface area contributed by atoms with Crippen molar-refractivity contribution in [1.29, 1.82) is 0 Å². The van der Waals surface area contributed by atoms with E-state index in [-0.39, 0.29) is 11.5 Å². The summed E-state index contributed by atoms with van der Waals surface area (Å²) in [5, 5.41) is 0. The first kappa shape index (κ1) is 13.6. The lowest BCUT2D eigenvalue weighted by Gasteiger charge is -2.37.